The van der Waals surface area contributed by atoms with Gasteiger partial charge in [0.2, 0.25) is 11.8 Å². The average Bonchev–Trinajstić information content (AvgIpc) is 3.43. The van der Waals surface area contributed by atoms with E-state index in [0.29, 0.717) is 36.4 Å². The molecule has 0 aliphatic carbocycles. The highest BCUT2D eigenvalue weighted by Crippen LogP contribution is 2.43. The smallest absolute Gasteiger partial charge is 0.329 e. The Morgan fingerprint density at radius 1 is 1.16 bits per heavy atom. The summed E-state index contributed by atoms with van der Waals surface area (Å²) in [6.07, 6.45) is 2.26. The lowest BCUT2D eigenvalue weighted by Gasteiger charge is -2.54. The van der Waals surface area contributed by atoms with Gasteiger partial charge < -0.3 is 40.4 Å². The van der Waals surface area contributed by atoms with Crippen molar-refractivity contribution in [3.05, 3.63) is 54.0 Å². The molecule has 2 amide bonds. The number of hydrogen-bond acceptors (Lipinski definition) is 8. The molecule has 0 bridgehead atoms. The van der Waals surface area contributed by atoms with Gasteiger partial charge in [0.25, 0.3) is 0 Å². The molecule has 2 aliphatic heterocycles. The maximum absolute atomic E-state index is 13.5. The molecule has 2 aromatic rings. The van der Waals surface area contributed by atoms with Crippen molar-refractivity contribution in [1.82, 2.24) is 20.4 Å². The van der Waals surface area contributed by atoms with Gasteiger partial charge in [-0.15, -0.1) is 0 Å². The van der Waals surface area contributed by atoms with E-state index in [0.717, 1.165) is 0 Å². The third kappa shape index (κ3) is 4.89. The van der Waals surface area contributed by atoms with Crippen molar-refractivity contribution in [3.63, 3.8) is 0 Å². The fourth-order valence-electron chi connectivity index (χ4n) is 5.30. The maximum Gasteiger partial charge on any atom is 0.329 e. The maximum atomic E-state index is 13.5. The lowest BCUT2D eigenvalue weighted by molar-refractivity contribution is -0.173. The predicted molar refractivity (Wildman–Crippen MR) is 133 cm³/mol. The van der Waals surface area contributed by atoms with Gasteiger partial charge in [-0.05, 0) is 36.8 Å². The van der Waals surface area contributed by atoms with E-state index in [9.17, 15) is 19.5 Å². The first-order chi connectivity index (χ1) is 17.8. The number of carbonyl (C=O) groups is 3. The predicted octanol–water partition coefficient (Wildman–Crippen LogP) is -0.0666. The molecule has 12 nitrogen and oxygen atoms in total. The molecule has 6 N–H and O–H groups in total. The Kier molecular flexibility index (Phi) is 7.79. The fraction of sp³-hybridized carbons (Fsp3) is 0.440. The minimum atomic E-state index is -1.61. The second kappa shape index (κ2) is 11.0. The van der Waals surface area contributed by atoms with Gasteiger partial charge in [0.15, 0.2) is 6.04 Å². The number of aliphatic carboxylic acids is 1. The van der Waals surface area contributed by atoms with E-state index in [1.807, 2.05) is 6.92 Å². The lowest BCUT2D eigenvalue weighted by atomic mass is 9.74. The number of carboxylic acid groups (broad SMARTS) is 1. The number of piperazine rings is 2. The van der Waals surface area contributed by atoms with Crippen molar-refractivity contribution in [2.75, 3.05) is 39.3 Å². The van der Waals surface area contributed by atoms with E-state index in [1.165, 1.54) is 22.3 Å². The minimum absolute atomic E-state index is 0.00902. The Morgan fingerprint density at radius 3 is 2.38 bits per heavy atom. The summed E-state index contributed by atoms with van der Waals surface area (Å²) >= 11 is 0. The zero-order valence-electron chi connectivity index (χ0n) is 20.6. The molecule has 3 atom stereocenters. The van der Waals surface area contributed by atoms with Crippen molar-refractivity contribution in [1.29, 1.82) is 5.41 Å². The van der Waals surface area contributed by atoms with E-state index >= 15 is 0 Å². The zero-order chi connectivity index (χ0) is 26.6. The molecule has 0 spiro atoms. The molecule has 3 heterocycles. The minimum Gasteiger partial charge on any atom is -0.488 e. The topological polar surface area (TPSA) is 174 Å². The monoisotopic (exact) mass is 512 g/mol. The van der Waals surface area contributed by atoms with Gasteiger partial charge in [0.05, 0.1) is 25.6 Å². The van der Waals surface area contributed by atoms with Crippen LogP contribution in [0.15, 0.2) is 47.3 Å². The number of carbonyl (C=O) groups excluding carboxylic acids is 2. The molecule has 3 unspecified atom stereocenters. The van der Waals surface area contributed by atoms with Crippen LogP contribution >= 0.6 is 0 Å². The van der Waals surface area contributed by atoms with E-state index in [2.05, 4.69) is 10.6 Å². The molecule has 0 saturated carbocycles. The first-order valence-corrected chi connectivity index (χ1v) is 12.2. The molecule has 2 fully saturated rings. The summed E-state index contributed by atoms with van der Waals surface area (Å²) in [5.74, 6) is -1.63. The molecule has 4 rings (SSSR count). The van der Waals surface area contributed by atoms with E-state index in [4.69, 9.17) is 20.3 Å². The van der Waals surface area contributed by atoms with Crippen LogP contribution in [0, 0.1) is 5.41 Å². The Morgan fingerprint density at radius 2 is 1.84 bits per heavy atom. The van der Waals surface area contributed by atoms with Gasteiger partial charge in [-0.1, -0.05) is 6.92 Å². The van der Waals surface area contributed by atoms with Crippen molar-refractivity contribution in [2.45, 2.75) is 31.0 Å². The molecule has 198 valence electrons. The molecule has 12 heteroatoms. The van der Waals surface area contributed by atoms with Gasteiger partial charge >= 0.3 is 5.97 Å². The van der Waals surface area contributed by atoms with Crippen LogP contribution in [0.3, 0.4) is 0 Å². The Labute approximate surface area is 214 Å². The number of nitrogens with two attached hydrogens (primary N) is 1. The lowest BCUT2D eigenvalue weighted by Crippen LogP contribution is -2.74. The van der Waals surface area contributed by atoms with Gasteiger partial charge in [0, 0.05) is 37.3 Å². The number of amides is 2. The van der Waals surface area contributed by atoms with E-state index < -0.39 is 23.7 Å². The first kappa shape index (κ1) is 26.2. The van der Waals surface area contributed by atoms with Crippen LogP contribution in [0.5, 0.6) is 5.75 Å². The molecular weight excluding hydrogens is 480 g/mol. The average molecular weight is 513 g/mol. The second-order valence-corrected chi connectivity index (χ2v) is 9.02. The molecular formula is C25H32N6O6. The number of benzene rings is 1. The second-order valence-electron chi connectivity index (χ2n) is 9.02. The largest absolute Gasteiger partial charge is 0.488 e. The van der Waals surface area contributed by atoms with Crippen molar-refractivity contribution >= 4 is 23.6 Å². The number of carboxylic acids is 1. The zero-order valence-corrected chi connectivity index (χ0v) is 20.6. The SMILES string of the molecule is CCC(Oc1ccc(C(=N)N)cc1)C(c1ccoc1)(C(C(=O)O)N1CCNCC1=O)N1CCNCC1=O. The number of furan rings is 1. The third-order valence-electron chi connectivity index (χ3n) is 6.91. The summed E-state index contributed by atoms with van der Waals surface area (Å²) in [6, 6.07) is 6.73. The van der Waals surface area contributed by atoms with Crippen LogP contribution in [0.1, 0.15) is 24.5 Å². The fourth-order valence-corrected chi connectivity index (χ4v) is 5.30. The summed E-state index contributed by atoms with van der Waals surface area (Å²) < 4.78 is 11.9. The molecule has 0 radical (unpaired) electrons. The van der Waals surface area contributed by atoms with E-state index in [1.54, 1.807) is 30.3 Å². The van der Waals surface area contributed by atoms with Gasteiger partial charge in [-0.3, -0.25) is 15.0 Å². The number of hydrogen-bond donors (Lipinski definition) is 5. The van der Waals surface area contributed by atoms with Gasteiger partial charge in [0.1, 0.15) is 23.2 Å². The van der Waals surface area contributed by atoms with Gasteiger partial charge in [-0.25, -0.2) is 4.79 Å². The first-order valence-electron chi connectivity index (χ1n) is 12.2. The van der Waals surface area contributed by atoms with Crippen LogP contribution in [0.2, 0.25) is 0 Å². The Balaban J connectivity index is 1.92. The highest BCUT2D eigenvalue weighted by Gasteiger charge is 2.60. The van der Waals surface area contributed by atoms with Crippen LogP contribution < -0.4 is 21.1 Å². The summed E-state index contributed by atoms with van der Waals surface area (Å²) in [4.78, 5) is 42.5. The van der Waals surface area contributed by atoms with Crippen LogP contribution in [-0.2, 0) is 19.9 Å². The normalized spacial score (nSPS) is 19.7. The molecule has 1 aromatic heterocycles. The number of nitrogen functional groups attached to an aromatic ring is 1. The third-order valence-corrected chi connectivity index (χ3v) is 6.91. The summed E-state index contributed by atoms with van der Waals surface area (Å²) in [5, 5.41) is 24.4. The van der Waals surface area contributed by atoms with Crippen LogP contribution in [0.25, 0.3) is 0 Å². The Hall–Kier alpha value is -3.90. The Bertz CT molecular complexity index is 1140. The molecule has 2 aliphatic rings. The van der Waals surface area contributed by atoms with Crippen LogP contribution in [0.4, 0.5) is 0 Å². The number of nitrogens with one attached hydrogen (secondary N) is 3. The summed E-state index contributed by atoms with van der Waals surface area (Å²) in [6.45, 7) is 3.06. The van der Waals surface area contributed by atoms with Crippen molar-refractivity contribution in [3.8, 4) is 5.75 Å². The highest BCUT2D eigenvalue weighted by atomic mass is 16.5. The van der Waals surface area contributed by atoms with Crippen LogP contribution in [-0.4, -0.2) is 89.9 Å². The van der Waals surface area contributed by atoms with Crippen molar-refractivity contribution < 1.29 is 28.6 Å². The standard InChI is InChI=1S/C25H32N6O6/c1-2-19(37-18-5-3-16(4-6-18)23(26)27)25(17-7-12-36-15-17,31-11-9-29-14-21(31)33)22(24(34)35)30-10-8-28-13-20(30)32/h3-7,12,15,19,22,28-29H,2,8-11,13-14H2,1H3,(H3,26,27)(H,34,35). The molecule has 37 heavy (non-hydrogen) atoms. The molecule has 1 aromatic carbocycles. The molecule has 2 saturated heterocycles. The van der Waals surface area contributed by atoms with E-state index in [-0.39, 0.29) is 43.8 Å². The quantitative estimate of drug-likeness (QED) is 0.216. The summed E-state index contributed by atoms with van der Waals surface area (Å²) in [5.41, 5.74) is 4.90. The van der Waals surface area contributed by atoms with Gasteiger partial charge in [-0.2, -0.15) is 0 Å². The number of rotatable bonds is 10. The summed E-state index contributed by atoms with van der Waals surface area (Å²) in [7, 11) is 0. The number of amidine groups is 1. The number of ether oxygens (including phenoxy) is 1. The van der Waals surface area contributed by atoms with Crippen molar-refractivity contribution in [2.24, 2.45) is 5.73 Å². The highest BCUT2D eigenvalue weighted by molar-refractivity contribution is 5.95. The number of nitrogens with zero attached hydrogens (tertiary/aromatic N) is 2.